The average Bonchev–Trinajstić information content (AvgIpc) is 2.67. The van der Waals surface area contributed by atoms with E-state index in [9.17, 15) is 0 Å². The molecule has 0 spiro atoms. The van der Waals surface area contributed by atoms with Gasteiger partial charge in [-0.05, 0) is 18.9 Å². The number of aromatic nitrogens is 3. The van der Waals surface area contributed by atoms with Crippen molar-refractivity contribution >= 4 is 5.95 Å². The van der Waals surface area contributed by atoms with Gasteiger partial charge in [0.1, 0.15) is 0 Å². The zero-order chi connectivity index (χ0) is 9.10. The molecule has 0 bridgehead atoms. The summed E-state index contributed by atoms with van der Waals surface area (Å²) in [5, 5.41) is 7.75. The smallest absolute Gasteiger partial charge is 0.245 e. The van der Waals surface area contributed by atoms with Crippen LogP contribution in [0.25, 0.3) is 0 Å². The van der Waals surface area contributed by atoms with Crippen molar-refractivity contribution in [1.29, 1.82) is 0 Å². The Labute approximate surface area is 77.0 Å². The normalized spacial score (nSPS) is 22.2. The fourth-order valence-corrected chi connectivity index (χ4v) is 1.59. The molecular weight excluding hydrogens is 166 g/mol. The van der Waals surface area contributed by atoms with Crippen LogP contribution in [0.4, 0.5) is 5.95 Å². The summed E-state index contributed by atoms with van der Waals surface area (Å²) in [5.74, 6) is 1.31. The summed E-state index contributed by atoms with van der Waals surface area (Å²) in [5.41, 5.74) is 5.59. The van der Waals surface area contributed by atoms with Crippen LogP contribution in [0.1, 0.15) is 6.42 Å². The highest BCUT2D eigenvalue weighted by molar-refractivity contribution is 5.28. The summed E-state index contributed by atoms with van der Waals surface area (Å²) in [4.78, 5) is 6.27. The Kier molecular flexibility index (Phi) is 2.35. The lowest BCUT2D eigenvalue weighted by molar-refractivity contribution is 0.601. The van der Waals surface area contributed by atoms with Crippen LogP contribution in [-0.2, 0) is 0 Å². The third kappa shape index (κ3) is 1.75. The van der Waals surface area contributed by atoms with Gasteiger partial charge in [-0.3, -0.25) is 0 Å². The molecule has 2 rings (SSSR count). The second-order valence-electron chi connectivity index (χ2n) is 3.28. The average molecular weight is 179 g/mol. The highest BCUT2D eigenvalue weighted by Crippen LogP contribution is 2.18. The van der Waals surface area contributed by atoms with Gasteiger partial charge >= 0.3 is 0 Å². The van der Waals surface area contributed by atoms with Crippen molar-refractivity contribution in [3.8, 4) is 0 Å². The summed E-state index contributed by atoms with van der Waals surface area (Å²) in [6, 6.07) is 0. The zero-order valence-electron chi connectivity index (χ0n) is 7.43. The monoisotopic (exact) mass is 179 g/mol. The van der Waals surface area contributed by atoms with Gasteiger partial charge in [-0.25, -0.2) is 4.98 Å². The topological polar surface area (TPSA) is 67.9 Å². The van der Waals surface area contributed by atoms with Crippen LogP contribution in [0, 0.1) is 5.92 Å². The van der Waals surface area contributed by atoms with E-state index >= 15 is 0 Å². The zero-order valence-corrected chi connectivity index (χ0v) is 7.43. The first-order chi connectivity index (χ1) is 6.40. The minimum atomic E-state index is 0.587. The summed E-state index contributed by atoms with van der Waals surface area (Å²) >= 11 is 0. The van der Waals surface area contributed by atoms with E-state index in [0.29, 0.717) is 5.92 Å². The minimum absolute atomic E-state index is 0.587. The molecule has 2 N–H and O–H groups in total. The van der Waals surface area contributed by atoms with Gasteiger partial charge in [0.25, 0.3) is 0 Å². The van der Waals surface area contributed by atoms with Crippen LogP contribution >= 0.6 is 0 Å². The first-order valence-corrected chi connectivity index (χ1v) is 4.49. The van der Waals surface area contributed by atoms with Gasteiger partial charge in [-0.2, -0.15) is 5.10 Å². The van der Waals surface area contributed by atoms with Gasteiger partial charge in [0.2, 0.25) is 5.95 Å². The number of rotatable bonds is 2. The number of nitrogens with zero attached hydrogens (tertiary/aromatic N) is 4. The van der Waals surface area contributed by atoms with E-state index in [1.165, 1.54) is 0 Å². The summed E-state index contributed by atoms with van der Waals surface area (Å²) in [6.07, 6.45) is 4.38. The molecule has 0 aliphatic carbocycles. The quantitative estimate of drug-likeness (QED) is 0.672. The van der Waals surface area contributed by atoms with Gasteiger partial charge in [0.05, 0.1) is 12.4 Å². The van der Waals surface area contributed by atoms with Crippen molar-refractivity contribution in [1.82, 2.24) is 15.2 Å². The first-order valence-electron chi connectivity index (χ1n) is 4.49. The number of hydrogen-bond donors (Lipinski definition) is 1. The van der Waals surface area contributed by atoms with E-state index in [1.54, 1.807) is 12.4 Å². The van der Waals surface area contributed by atoms with E-state index < -0.39 is 0 Å². The highest BCUT2D eigenvalue weighted by atomic mass is 15.3. The molecule has 1 saturated heterocycles. The van der Waals surface area contributed by atoms with Crippen molar-refractivity contribution in [2.75, 3.05) is 24.5 Å². The fraction of sp³-hybridized carbons (Fsp3) is 0.625. The number of hydrogen-bond acceptors (Lipinski definition) is 5. The number of nitrogens with two attached hydrogens (primary N) is 1. The molecule has 0 aromatic carbocycles. The third-order valence-electron chi connectivity index (χ3n) is 2.37. The van der Waals surface area contributed by atoms with Crippen LogP contribution in [-0.4, -0.2) is 34.8 Å². The van der Waals surface area contributed by atoms with E-state index in [1.807, 2.05) is 0 Å². The van der Waals surface area contributed by atoms with Crippen molar-refractivity contribution in [2.24, 2.45) is 11.7 Å². The van der Waals surface area contributed by atoms with Crippen LogP contribution in [0.3, 0.4) is 0 Å². The SMILES string of the molecule is NCC1CCN(c2nccnn2)C1. The Morgan fingerprint density at radius 3 is 3.08 bits per heavy atom. The molecule has 0 saturated carbocycles. The maximum Gasteiger partial charge on any atom is 0.245 e. The largest absolute Gasteiger partial charge is 0.339 e. The fourth-order valence-electron chi connectivity index (χ4n) is 1.59. The predicted molar refractivity (Wildman–Crippen MR) is 49.2 cm³/mol. The minimum Gasteiger partial charge on any atom is -0.339 e. The number of anilines is 1. The van der Waals surface area contributed by atoms with Gasteiger partial charge in [0.15, 0.2) is 0 Å². The lowest BCUT2D eigenvalue weighted by atomic mass is 10.1. The Bertz CT molecular complexity index is 262. The molecule has 1 aliphatic heterocycles. The second-order valence-corrected chi connectivity index (χ2v) is 3.28. The van der Waals surface area contributed by atoms with Crippen molar-refractivity contribution in [2.45, 2.75) is 6.42 Å². The van der Waals surface area contributed by atoms with Crippen LogP contribution < -0.4 is 10.6 Å². The molecule has 13 heavy (non-hydrogen) atoms. The van der Waals surface area contributed by atoms with E-state index in [0.717, 1.165) is 32.0 Å². The standard InChI is InChI=1S/C8H13N5/c9-5-7-1-4-13(6-7)8-10-2-3-11-12-8/h2-3,7H,1,4-6,9H2. The van der Waals surface area contributed by atoms with E-state index in [4.69, 9.17) is 5.73 Å². The first kappa shape index (κ1) is 8.37. The molecule has 0 amide bonds. The van der Waals surface area contributed by atoms with Crippen molar-refractivity contribution in [3.63, 3.8) is 0 Å². The molecule has 5 nitrogen and oxygen atoms in total. The van der Waals surface area contributed by atoms with Crippen molar-refractivity contribution in [3.05, 3.63) is 12.4 Å². The van der Waals surface area contributed by atoms with Gasteiger partial charge < -0.3 is 10.6 Å². The second kappa shape index (κ2) is 3.66. The molecule has 1 aromatic heterocycles. The van der Waals surface area contributed by atoms with Gasteiger partial charge in [-0.15, -0.1) is 5.10 Å². The van der Waals surface area contributed by atoms with Crippen LogP contribution in [0.2, 0.25) is 0 Å². The van der Waals surface area contributed by atoms with Gasteiger partial charge in [0, 0.05) is 13.1 Å². The maximum absolute atomic E-state index is 5.59. The van der Waals surface area contributed by atoms with Crippen LogP contribution in [0.5, 0.6) is 0 Å². The molecule has 1 unspecified atom stereocenters. The Balaban J connectivity index is 2.04. The third-order valence-corrected chi connectivity index (χ3v) is 2.37. The molecule has 1 aromatic rings. The lowest BCUT2D eigenvalue weighted by Gasteiger charge is -2.14. The van der Waals surface area contributed by atoms with Crippen LogP contribution in [0.15, 0.2) is 12.4 Å². The molecule has 0 radical (unpaired) electrons. The van der Waals surface area contributed by atoms with Crippen molar-refractivity contribution < 1.29 is 0 Å². The Morgan fingerprint density at radius 2 is 2.46 bits per heavy atom. The molecular formula is C8H13N5. The summed E-state index contributed by atoms with van der Waals surface area (Å²) in [7, 11) is 0. The highest BCUT2D eigenvalue weighted by Gasteiger charge is 2.22. The molecule has 70 valence electrons. The molecule has 1 aliphatic rings. The summed E-state index contributed by atoms with van der Waals surface area (Å²) < 4.78 is 0. The lowest BCUT2D eigenvalue weighted by Crippen LogP contribution is -2.24. The molecule has 1 atom stereocenters. The van der Waals surface area contributed by atoms with Gasteiger partial charge in [-0.1, -0.05) is 0 Å². The maximum atomic E-state index is 5.59. The molecule has 1 fully saturated rings. The summed E-state index contributed by atoms with van der Waals surface area (Å²) in [6.45, 7) is 2.70. The predicted octanol–water partition coefficient (Wildman–Crippen LogP) is -0.343. The van der Waals surface area contributed by atoms with E-state index in [-0.39, 0.29) is 0 Å². The molecule has 5 heteroatoms. The Morgan fingerprint density at radius 1 is 1.54 bits per heavy atom. The van der Waals surface area contributed by atoms with E-state index in [2.05, 4.69) is 20.1 Å². The Hall–Kier alpha value is -1.23. The molecule has 2 heterocycles.